The van der Waals surface area contributed by atoms with Gasteiger partial charge in [0.1, 0.15) is 0 Å². The van der Waals surface area contributed by atoms with Crippen LogP contribution < -0.4 is 5.32 Å². The second-order valence-electron chi connectivity index (χ2n) is 4.50. The quantitative estimate of drug-likeness (QED) is 0.664. The summed E-state index contributed by atoms with van der Waals surface area (Å²) >= 11 is 1.88. The van der Waals surface area contributed by atoms with Gasteiger partial charge in [-0.15, -0.1) is 11.3 Å². The van der Waals surface area contributed by atoms with Crippen LogP contribution in [0.15, 0.2) is 11.4 Å². The van der Waals surface area contributed by atoms with Gasteiger partial charge >= 0.3 is 0 Å². The normalized spacial score (nSPS) is 12.9. The minimum Gasteiger partial charge on any atom is -0.309 e. The van der Waals surface area contributed by atoms with Gasteiger partial charge in [-0.25, -0.2) is 0 Å². The Bertz CT molecular complexity index is 280. The summed E-state index contributed by atoms with van der Waals surface area (Å²) in [4.78, 5) is 1.52. The zero-order valence-corrected chi connectivity index (χ0v) is 11.7. The molecule has 1 aromatic heterocycles. The standard InChI is InChI=1S/C14H25NS/c1-4-6-7-8-12(3)15-11-14-13(5-2)9-10-16-14/h9-10,12,15H,4-8,11H2,1-3H3. The van der Waals surface area contributed by atoms with Gasteiger partial charge in [0.15, 0.2) is 0 Å². The fourth-order valence-corrected chi connectivity index (χ4v) is 2.83. The van der Waals surface area contributed by atoms with Crippen molar-refractivity contribution in [2.75, 3.05) is 0 Å². The second kappa shape index (κ2) is 7.86. The molecule has 1 N–H and O–H groups in total. The third-order valence-corrected chi connectivity index (χ3v) is 4.03. The molecule has 0 aliphatic rings. The number of rotatable bonds is 8. The van der Waals surface area contributed by atoms with Crippen molar-refractivity contribution in [3.63, 3.8) is 0 Å². The Labute approximate surface area is 104 Å². The molecule has 2 heteroatoms. The molecule has 0 radical (unpaired) electrons. The minimum atomic E-state index is 0.651. The highest BCUT2D eigenvalue weighted by Crippen LogP contribution is 2.17. The Morgan fingerprint density at radius 3 is 2.81 bits per heavy atom. The lowest BCUT2D eigenvalue weighted by molar-refractivity contribution is 0.488. The summed E-state index contributed by atoms with van der Waals surface area (Å²) in [5.74, 6) is 0. The topological polar surface area (TPSA) is 12.0 Å². The van der Waals surface area contributed by atoms with Crippen LogP contribution in [0.3, 0.4) is 0 Å². The summed E-state index contributed by atoms with van der Waals surface area (Å²) in [6, 6.07) is 2.90. The van der Waals surface area contributed by atoms with E-state index in [1.807, 2.05) is 11.3 Å². The summed E-state index contributed by atoms with van der Waals surface area (Å²) < 4.78 is 0. The summed E-state index contributed by atoms with van der Waals surface area (Å²) in [5, 5.41) is 5.83. The van der Waals surface area contributed by atoms with Crippen molar-refractivity contribution in [3.05, 3.63) is 21.9 Å². The summed E-state index contributed by atoms with van der Waals surface area (Å²) in [5.41, 5.74) is 1.51. The molecule has 16 heavy (non-hydrogen) atoms. The zero-order valence-electron chi connectivity index (χ0n) is 10.9. The molecule has 0 saturated heterocycles. The molecule has 0 aliphatic heterocycles. The number of hydrogen-bond donors (Lipinski definition) is 1. The van der Waals surface area contributed by atoms with Crippen LogP contribution in [-0.4, -0.2) is 6.04 Å². The molecule has 1 rings (SSSR count). The van der Waals surface area contributed by atoms with Gasteiger partial charge < -0.3 is 5.32 Å². The SMILES string of the molecule is CCCCCC(C)NCc1sccc1CC. The van der Waals surface area contributed by atoms with E-state index in [2.05, 4.69) is 37.5 Å². The van der Waals surface area contributed by atoms with Gasteiger partial charge in [0.25, 0.3) is 0 Å². The number of aryl methyl sites for hydroxylation is 1. The van der Waals surface area contributed by atoms with Crippen LogP contribution in [0.25, 0.3) is 0 Å². The first-order chi connectivity index (χ1) is 7.77. The van der Waals surface area contributed by atoms with Gasteiger partial charge in [0, 0.05) is 17.5 Å². The maximum atomic E-state index is 3.63. The first-order valence-electron chi connectivity index (χ1n) is 6.56. The monoisotopic (exact) mass is 239 g/mol. The van der Waals surface area contributed by atoms with E-state index in [0.29, 0.717) is 6.04 Å². The van der Waals surface area contributed by atoms with E-state index in [0.717, 1.165) is 13.0 Å². The minimum absolute atomic E-state index is 0.651. The summed E-state index contributed by atoms with van der Waals surface area (Å²) in [6.07, 6.45) is 6.50. The van der Waals surface area contributed by atoms with Crippen molar-refractivity contribution in [1.82, 2.24) is 5.32 Å². The Balaban J connectivity index is 2.23. The molecule has 0 fully saturated rings. The van der Waals surface area contributed by atoms with Gasteiger partial charge in [-0.2, -0.15) is 0 Å². The van der Waals surface area contributed by atoms with Crippen LogP contribution in [0.1, 0.15) is 56.9 Å². The van der Waals surface area contributed by atoms with Crippen molar-refractivity contribution in [3.8, 4) is 0 Å². The highest BCUT2D eigenvalue weighted by atomic mass is 32.1. The Morgan fingerprint density at radius 2 is 2.12 bits per heavy atom. The molecule has 1 atom stereocenters. The average molecular weight is 239 g/mol. The molecule has 1 unspecified atom stereocenters. The van der Waals surface area contributed by atoms with Crippen LogP contribution in [0, 0.1) is 0 Å². The van der Waals surface area contributed by atoms with Gasteiger partial charge in [0.05, 0.1) is 0 Å². The molecule has 0 saturated carbocycles. The van der Waals surface area contributed by atoms with Gasteiger partial charge in [-0.1, -0.05) is 33.1 Å². The predicted octanol–water partition coefficient (Wildman–Crippen LogP) is 4.37. The van der Waals surface area contributed by atoms with E-state index in [9.17, 15) is 0 Å². The fourth-order valence-electron chi connectivity index (χ4n) is 1.91. The molecule has 0 aliphatic carbocycles. The molecule has 0 amide bonds. The van der Waals surface area contributed by atoms with E-state index in [-0.39, 0.29) is 0 Å². The first-order valence-corrected chi connectivity index (χ1v) is 7.44. The Kier molecular flexibility index (Phi) is 6.74. The van der Waals surface area contributed by atoms with Crippen molar-refractivity contribution in [2.45, 2.75) is 65.5 Å². The van der Waals surface area contributed by atoms with Crippen molar-refractivity contribution in [2.24, 2.45) is 0 Å². The molecule has 92 valence electrons. The lowest BCUT2D eigenvalue weighted by Gasteiger charge is -2.13. The smallest absolute Gasteiger partial charge is 0.0304 e. The highest BCUT2D eigenvalue weighted by molar-refractivity contribution is 7.10. The summed E-state index contributed by atoms with van der Waals surface area (Å²) in [7, 11) is 0. The van der Waals surface area contributed by atoms with E-state index >= 15 is 0 Å². The first kappa shape index (κ1) is 13.7. The molecule has 0 bridgehead atoms. The molecule has 0 aromatic carbocycles. The van der Waals surface area contributed by atoms with E-state index in [4.69, 9.17) is 0 Å². The lowest BCUT2D eigenvalue weighted by Crippen LogP contribution is -2.25. The fraction of sp³-hybridized carbons (Fsp3) is 0.714. The Morgan fingerprint density at radius 1 is 1.31 bits per heavy atom. The third-order valence-electron chi connectivity index (χ3n) is 3.07. The van der Waals surface area contributed by atoms with Gasteiger partial charge in [0.2, 0.25) is 0 Å². The van der Waals surface area contributed by atoms with E-state index in [1.165, 1.54) is 36.1 Å². The average Bonchev–Trinajstić information content (AvgIpc) is 2.74. The molecule has 1 nitrogen and oxygen atoms in total. The second-order valence-corrected chi connectivity index (χ2v) is 5.50. The van der Waals surface area contributed by atoms with Crippen molar-refractivity contribution < 1.29 is 0 Å². The number of nitrogens with one attached hydrogen (secondary N) is 1. The predicted molar refractivity (Wildman–Crippen MR) is 74.1 cm³/mol. The van der Waals surface area contributed by atoms with E-state index < -0.39 is 0 Å². The Hall–Kier alpha value is -0.340. The largest absolute Gasteiger partial charge is 0.309 e. The third kappa shape index (κ3) is 4.67. The highest BCUT2D eigenvalue weighted by Gasteiger charge is 2.05. The number of hydrogen-bond acceptors (Lipinski definition) is 2. The van der Waals surface area contributed by atoms with E-state index in [1.54, 1.807) is 0 Å². The summed E-state index contributed by atoms with van der Waals surface area (Å²) in [6.45, 7) is 7.84. The van der Waals surface area contributed by atoms with Crippen LogP contribution in [-0.2, 0) is 13.0 Å². The van der Waals surface area contributed by atoms with Crippen molar-refractivity contribution >= 4 is 11.3 Å². The number of unbranched alkanes of at least 4 members (excludes halogenated alkanes) is 2. The van der Waals surface area contributed by atoms with Crippen LogP contribution >= 0.6 is 11.3 Å². The maximum Gasteiger partial charge on any atom is 0.0304 e. The molecule has 0 spiro atoms. The molecular formula is C14H25NS. The maximum absolute atomic E-state index is 3.63. The van der Waals surface area contributed by atoms with Crippen LogP contribution in [0.2, 0.25) is 0 Å². The van der Waals surface area contributed by atoms with Crippen molar-refractivity contribution in [1.29, 1.82) is 0 Å². The number of thiophene rings is 1. The van der Waals surface area contributed by atoms with Gasteiger partial charge in [-0.3, -0.25) is 0 Å². The molecule has 1 heterocycles. The van der Waals surface area contributed by atoms with Crippen LogP contribution in [0.5, 0.6) is 0 Å². The van der Waals surface area contributed by atoms with Crippen LogP contribution in [0.4, 0.5) is 0 Å². The molecular weight excluding hydrogens is 214 g/mol. The zero-order chi connectivity index (χ0) is 11.8. The molecule has 1 aromatic rings. The lowest BCUT2D eigenvalue weighted by atomic mass is 10.1. The van der Waals surface area contributed by atoms with Gasteiger partial charge in [-0.05, 0) is 36.8 Å².